The standard InChI is InChI=1S/C12H15FO2/c1-8(13)10-6-9(2-3-11(10)14)7-12(15)4-5-12/h2-3,6,8,14-15H,4-5,7H2,1H3. The minimum absolute atomic E-state index is 0.0171. The number of aromatic hydroxyl groups is 1. The summed E-state index contributed by atoms with van der Waals surface area (Å²) in [7, 11) is 0. The van der Waals surface area contributed by atoms with Crippen molar-refractivity contribution in [3.05, 3.63) is 29.3 Å². The molecule has 1 saturated carbocycles. The molecule has 1 aliphatic carbocycles. The monoisotopic (exact) mass is 210 g/mol. The topological polar surface area (TPSA) is 40.5 Å². The van der Waals surface area contributed by atoms with Gasteiger partial charge in [-0.05, 0) is 37.5 Å². The van der Waals surface area contributed by atoms with Crippen molar-refractivity contribution in [2.75, 3.05) is 0 Å². The molecule has 1 aromatic rings. The Morgan fingerprint density at radius 3 is 2.67 bits per heavy atom. The molecule has 0 aliphatic heterocycles. The zero-order valence-electron chi connectivity index (χ0n) is 8.70. The molecule has 1 aromatic carbocycles. The minimum Gasteiger partial charge on any atom is -0.508 e. The summed E-state index contributed by atoms with van der Waals surface area (Å²) in [5.74, 6) is -0.0171. The molecule has 0 radical (unpaired) electrons. The summed E-state index contributed by atoms with van der Waals surface area (Å²) in [6, 6.07) is 4.86. The molecule has 0 amide bonds. The maximum Gasteiger partial charge on any atom is 0.126 e. The Hall–Kier alpha value is -1.09. The van der Waals surface area contributed by atoms with Gasteiger partial charge < -0.3 is 10.2 Å². The van der Waals surface area contributed by atoms with Gasteiger partial charge in [-0.25, -0.2) is 4.39 Å². The van der Waals surface area contributed by atoms with Crippen molar-refractivity contribution >= 4 is 0 Å². The molecule has 0 saturated heterocycles. The molecule has 1 unspecified atom stereocenters. The summed E-state index contributed by atoms with van der Waals surface area (Å²) in [4.78, 5) is 0. The minimum atomic E-state index is -1.18. The second-order valence-corrected chi connectivity index (χ2v) is 4.41. The van der Waals surface area contributed by atoms with Gasteiger partial charge in [0.1, 0.15) is 11.9 Å². The van der Waals surface area contributed by atoms with Gasteiger partial charge in [-0.15, -0.1) is 0 Å². The maximum absolute atomic E-state index is 13.1. The van der Waals surface area contributed by atoms with Crippen molar-refractivity contribution < 1.29 is 14.6 Å². The van der Waals surface area contributed by atoms with Gasteiger partial charge in [0.05, 0.1) is 5.60 Å². The average molecular weight is 210 g/mol. The lowest BCUT2D eigenvalue weighted by molar-refractivity contribution is 0.151. The Morgan fingerprint density at radius 1 is 1.47 bits per heavy atom. The number of phenolic OH excluding ortho intramolecular Hbond substituents is 1. The third kappa shape index (κ3) is 2.29. The van der Waals surface area contributed by atoms with E-state index in [-0.39, 0.29) is 5.75 Å². The molecule has 82 valence electrons. The first-order valence-electron chi connectivity index (χ1n) is 5.18. The van der Waals surface area contributed by atoms with Crippen LogP contribution in [0, 0.1) is 0 Å². The average Bonchev–Trinajstić information content (AvgIpc) is 2.87. The van der Waals surface area contributed by atoms with E-state index in [1.807, 2.05) is 0 Å². The summed E-state index contributed by atoms with van der Waals surface area (Å²) in [6.45, 7) is 1.39. The highest BCUT2D eigenvalue weighted by Crippen LogP contribution is 2.39. The molecule has 2 N–H and O–H groups in total. The Labute approximate surface area is 88.4 Å². The normalized spacial score (nSPS) is 19.9. The van der Waals surface area contributed by atoms with Gasteiger partial charge in [-0.2, -0.15) is 0 Å². The van der Waals surface area contributed by atoms with Crippen LogP contribution in [-0.4, -0.2) is 15.8 Å². The quantitative estimate of drug-likeness (QED) is 0.804. The molecule has 1 atom stereocenters. The molecule has 2 nitrogen and oxygen atoms in total. The van der Waals surface area contributed by atoms with E-state index in [2.05, 4.69) is 0 Å². The lowest BCUT2D eigenvalue weighted by atomic mass is 10.0. The van der Waals surface area contributed by atoms with Crippen LogP contribution in [0.5, 0.6) is 5.75 Å². The number of hydrogen-bond acceptors (Lipinski definition) is 2. The van der Waals surface area contributed by atoms with Crippen LogP contribution in [0.2, 0.25) is 0 Å². The van der Waals surface area contributed by atoms with Crippen LogP contribution in [-0.2, 0) is 6.42 Å². The predicted octanol–water partition coefficient (Wildman–Crippen LogP) is 2.49. The van der Waals surface area contributed by atoms with E-state index in [1.165, 1.54) is 13.0 Å². The van der Waals surface area contributed by atoms with Gasteiger partial charge in [0.15, 0.2) is 0 Å². The molecule has 0 spiro atoms. The summed E-state index contributed by atoms with van der Waals surface area (Å²) in [5, 5.41) is 19.1. The van der Waals surface area contributed by atoms with Crippen molar-refractivity contribution in [1.82, 2.24) is 0 Å². The third-order valence-corrected chi connectivity index (χ3v) is 2.88. The second kappa shape index (κ2) is 3.49. The summed E-state index contributed by atoms with van der Waals surface area (Å²) in [6.07, 6.45) is 0.995. The Balaban J connectivity index is 2.22. The van der Waals surface area contributed by atoms with E-state index in [9.17, 15) is 14.6 Å². The van der Waals surface area contributed by atoms with Crippen LogP contribution in [0.4, 0.5) is 4.39 Å². The Bertz CT molecular complexity index is 370. The Kier molecular flexibility index (Phi) is 2.43. The first-order chi connectivity index (χ1) is 7.00. The number of phenols is 1. The number of alkyl halides is 1. The molecule has 2 rings (SSSR count). The number of hydrogen-bond donors (Lipinski definition) is 2. The van der Waals surface area contributed by atoms with E-state index in [0.717, 1.165) is 18.4 Å². The van der Waals surface area contributed by atoms with Crippen molar-refractivity contribution in [2.24, 2.45) is 0 Å². The molecule has 15 heavy (non-hydrogen) atoms. The zero-order chi connectivity index (χ0) is 11.1. The summed E-state index contributed by atoms with van der Waals surface area (Å²) in [5.41, 5.74) is 0.609. The van der Waals surface area contributed by atoms with E-state index in [1.54, 1.807) is 12.1 Å². The van der Waals surface area contributed by atoms with Crippen LogP contribution < -0.4 is 0 Å². The zero-order valence-corrected chi connectivity index (χ0v) is 8.70. The van der Waals surface area contributed by atoms with E-state index < -0.39 is 11.8 Å². The molecule has 3 heteroatoms. The summed E-state index contributed by atoms with van der Waals surface area (Å²) >= 11 is 0. The number of aliphatic hydroxyl groups is 1. The van der Waals surface area contributed by atoms with Crippen molar-refractivity contribution in [3.8, 4) is 5.75 Å². The Morgan fingerprint density at radius 2 is 2.13 bits per heavy atom. The fourth-order valence-electron chi connectivity index (χ4n) is 1.73. The van der Waals surface area contributed by atoms with Crippen LogP contribution >= 0.6 is 0 Å². The van der Waals surface area contributed by atoms with Crippen LogP contribution in [0.15, 0.2) is 18.2 Å². The first kappa shape index (κ1) is 10.4. The van der Waals surface area contributed by atoms with Gasteiger partial charge in [-0.3, -0.25) is 0 Å². The molecule has 0 heterocycles. The molecule has 1 fully saturated rings. The molecule has 0 bridgehead atoms. The summed E-state index contributed by atoms with van der Waals surface area (Å²) < 4.78 is 13.1. The number of halogens is 1. The van der Waals surface area contributed by atoms with Crippen LogP contribution in [0.25, 0.3) is 0 Å². The first-order valence-corrected chi connectivity index (χ1v) is 5.18. The van der Waals surface area contributed by atoms with Gasteiger partial charge in [0.2, 0.25) is 0 Å². The lowest BCUT2D eigenvalue weighted by Gasteiger charge is -2.11. The lowest BCUT2D eigenvalue weighted by Crippen LogP contribution is -2.10. The highest BCUT2D eigenvalue weighted by atomic mass is 19.1. The van der Waals surface area contributed by atoms with E-state index >= 15 is 0 Å². The van der Waals surface area contributed by atoms with Gasteiger partial charge in [0.25, 0.3) is 0 Å². The smallest absolute Gasteiger partial charge is 0.126 e. The number of benzene rings is 1. The fraction of sp³-hybridized carbons (Fsp3) is 0.500. The molecule has 0 aromatic heterocycles. The van der Waals surface area contributed by atoms with Crippen LogP contribution in [0.3, 0.4) is 0 Å². The van der Waals surface area contributed by atoms with E-state index in [0.29, 0.717) is 12.0 Å². The van der Waals surface area contributed by atoms with Crippen molar-refractivity contribution in [3.63, 3.8) is 0 Å². The van der Waals surface area contributed by atoms with Gasteiger partial charge >= 0.3 is 0 Å². The third-order valence-electron chi connectivity index (χ3n) is 2.88. The van der Waals surface area contributed by atoms with Crippen molar-refractivity contribution in [1.29, 1.82) is 0 Å². The fourth-order valence-corrected chi connectivity index (χ4v) is 1.73. The molecule has 1 aliphatic rings. The van der Waals surface area contributed by atoms with Gasteiger partial charge in [-0.1, -0.05) is 6.07 Å². The second-order valence-electron chi connectivity index (χ2n) is 4.41. The SMILES string of the molecule is CC(F)c1cc(CC2(O)CC2)ccc1O. The molecular formula is C12H15FO2. The van der Waals surface area contributed by atoms with Gasteiger partial charge in [0, 0.05) is 12.0 Å². The highest BCUT2D eigenvalue weighted by molar-refractivity contribution is 5.38. The molecular weight excluding hydrogens is 195 g/mol. The van der Waals surface area contributed by atoms with E-state index in [4.69, 9.17) is 0 Å². The largest absolute Gasteiger partial charge is 0.508 e. The predicted molar refractivity (Wildman–Crippen MR) is 55.5 cm³/mol. The number of rotatable bonds is 3. The highest BCUT2D eigenvalue weighted by Gasteiger charge is 2.40. The van der Waals surface area contributed by atoms with Crippen molar-refractivity contribution in [2.45, 2.75) is 38.0 Å². The van der Waals surface area contributed by atoms with Crippen LogP contribution in [0.1, 0.15) is 37.1 Å². The maximum atomic E-state index is 13.1.